The molecule has 2 aliphatic rings. The fourth-order valence-corrected chi connectivity index (χ4v) is 3.61. The molecule has 21 heavy (non-hydrogen) atoms. The lowest BCUT2D eigenvalue weighted by Crippen LogP contribution is -2.29. The number of nitrogens with one attached hydrogen (secondary N) is 1. The molecular formula is C18H16FNO. The standard InChI is InChI=1S/C18H16FNO/c19-12-9-7-11(8-10-12)17-14-4-1-3-13(14)15-5-2-6-16(21)18(15)20-17/h1-3,5-10,13-14,17,20-21H,4H2. The summed E-state index contributed by atoms with van der Waals surface area (Å²) in [5, 5.41) is 13.6. The molecule has 2 aromatic carbocycles. The average molecular weight is 281 g/mol. The summed E-state index contributed by atoms with van der Waals surface area (Å²) in [6.45, 7) is 0. The summed E-state index contributed by atoms with van der Waals surface area (Å²) < 4.78 is 13.2. The van der Waals surface area contributed by atoms with E-state index in [4.69, 9.17) is 0 Å². The van der Waals surface area contributed by atoms with Crippen molar-refractivity contribution in [2.24, 2.45) is 5.92 Å². The number of anilines is 1. The van der Waals surface area contributed by atoms with Gasteiger partial charge in [0.25, 0.3) is 0 Å². The third-order valence-corrected chi connectivity index (χ3v) is 4.60. The van der Waals surface area contributed by atoms with Crippen molar-refractivity contribution in [3.8, 4) is 5.75 Å². The fourth-order valence-electron chi connectivity index (χ4n) is 3.61. The molecule has 0 fully saturated rings. The van der Waals surface area contributed by atoms with E-state index in [1.54, 1.807) is 6.07 Å². The van der Waals surface area contributed by atoms with Crippen LogP contribution in [0.1, 0.15) is 29.5 Å². The fraction of sp³-hybridized carbons (Fsp3) is 0.222. The van der Waals surface area contributed by atoms with Crippen LogP contribution in [-0.2, 0) is 0 Å². The Morgan fingerprint density at radius 1 is 1.10 bits per heavy atom. The Morgan fingerprint density at radius 2 is 1.90 bits per heavy atom. The Kier molecular flexibility index (Phi) is 2.74. The summed E-state index contributed by atoms with van der Waals surface area (Å²) in [6, 6.07) is 12.4. The summed E-state index contributed by atoms with van der Waals surface area (Å²) in [5.41, 5.74) is 3.01. The van der Waals surface area contributed by atoms with Crippen LogP contribution in [0.4, 0.5) is 10.1 Å². The van der Waals surface area contributed by atoms with Crippen molar-refractivity contribution in [3.63, 3.8) is 0 Å². The number of rotatable bonds is 1. The zero-order valence-corrected chi connectivity index (χ0v) is 11.5. The van der Waals surface area contributed by atoms with Gasteiger partial charge in [-0.15, -0.1) is 0 Å². The van der Waals surface area contributed by atoms with E-state index in [-0.39, 0.29) is 17.6 Å². The SMILES string of the molecule is Oc1cccc2c1NC(c1ccc(F)cc1)C1CC=CC21. The monoisotopic (exact) mass is 281 g/mol. The first-order valence-corrected chi connectivity index (χ1v) is 7.24. The number of hydrogen-bond donors (Lipinski definition) is 2. The second-order valence-corrected chi connectivity index (χ2v) is 5.77. The number of phenols is 1. The lowest BCUT2D eigenvalue weighted by atomic mass is 9.77. The molecule has 3 atom stereocenters. The number of phenolic OH excluding ortho intramolecular Hbond substituents is 1. The Hall–Kier alpha value is -2.29. The molecule has 1 aliphatic heterocycles. The molecule has 2 N–H and O–H groups in total. The quantitative estimate of drug-likeness (QED) is 0.601. The van der Waals surface area contributed by atoms with Crippen LogP contribution >= 0.6 is 0 Å². The number of para-hydroxylation sites is 1. The van der Waals surface area contributed by atoms with E-state index < -0.39 is 0 Å². The highest BCUT2D eigenvalue weighted by atomic mass is 19.1. The summed E-state index contributed by atoms with van der Waals surface area (Å²) in [6.07, 6.45) is 5.42. The van der Waals surface area contributed by atoms with Crippen LogP contribution in [-0.4, -0.2) is 5.11 Å². The Morgan fingerprint density at radius 3 is 2.71 bits per heavy atom. The van der Waals surface area contributed by atoms with Gasteiger partial charge in [-0.3, -0.25) is 0 Å². The van der Waals surface area contributed by atoms with Crippen molar-refractivity contribution in [1.82, 2.24) is 0 Å². The van der Waals surface area contributed by atoms with Crippen LogP contribution in [0.3, 0.4) is 0 Å². The van der Waals surface area contributed by atoms with E-state index in [1.165, 1.54) is 12.1 Å². The molecule has 0 aromatic heterocycles. The zero-order chi connectivity index (χ0) is 14.4. The van der Waals surface area contributed by atoms with E-state index in [2.05, 4.69) is 23.5 Å². The molecule has 1 heterocycles. The van der Waals surface area contributed by atoms with Gasteiger partial charge in [0.2, 0.25) is 0 Å². The molecule has 3 unspecified atom stereocenters. The predicted octanol–water partition coefficient (Wildman–Crippen LogP) is 4.36. The third-order valence-electron chi connectivity index (χ3n) is 4.60. The Balaban J connectivity index is 1.81. The highest BCUT2D eigenvalue weighted by molar-refractivity contribution is 5.67. The molecular weight excluding hydrogens is 265 g/mol. The maximum atomic E-state index is 13.2. The molecule has 2 aromatic rings. The number of allylic oxidation sites excluding steroid dienone is 2. The second kappa shape index (κ2) is 4.62. The van der Waals surface area contributed by atoms with E-state index >= 15 is 0 Å². The second-order valence-electron chi connectivity index (χ2n) is 5.77. The molecule has 1 aliphatic carbocycles. The average Bonchev–Trinajstić information content (AvgIpc) is 2.98. The van der Waals surface area contributed by atoms with Gasteiger partial charge in [-0.25, -0.2) is 4.39 Å². The van der Waals surface area contributed by atoms with Crippen molar-refractivity contribution >= 4 is 5.69 Å². The van der Waals surface area contributed by atoms with E-state index in [1.807, 2.05) is 18.2 Å². The highest BCUT2D eigenvalue weighted by Gasteiger charge is 2.38. The van der Waals surface area contributed by atoms with Crippen LogP contribution in [0.15, 0.2) is 54.6 Å². The molecule has 0 saturated heterocycles. The van der Waals surface area contributed by atoms with E-state index in [0.717, 1.165) is 23.2 Å². The van der Waals surface area contributed by atoms with Gasteiger partial charge >= 0.3 is 0 Å². The lowest BCUT2D eigenvalue weighted by Gasteiger charge is -2.37. The largest absolute Gasteiger partial charge is 0.506 e. The molecule has 4 rings (SSSR count). The summed E-state index contributed by atoms with van der Waals surface area (Å²) in [5.74, 6) is 0.769. The number of halogens is 1. The minimum atomic E-state index is -0.223. The number of hydrogen-bond acceptors (Lipinski definition) is 2. The van der Waals surface area contributed by atoms with Gasteiger partial charge < -0.3 is 10.4 Å². The van der Waals surface area contributed by atoms with Crippen molar-refractivity contribution in [2.45, 2.75) is 18.4 Å². The number of benzene rings is 2. The topological polar surface area (TPSA) is 32.3 Å². The van der Waals surface area contributed by atoms with Crippen LogP contribution in [0.25, 0.3) is 0 Å². The molecule has 106 valence electrons. The van der Waals surface area contributed by atoms with Gasteiger partial charge in [-0.05, 0) is 41.7 Å². The normalized spacial score (nSPS) is 26.0. The first-order chi connectivity index (χ1) is 10.2. The molecule has 2 nitrogen and oxygen atoms in total. The number of fused-ring (bicyclic) bond motifs is 3. The third kappa shape index (κ3) is 1.92. The van der Waals surface area contributed by atoms with Crippen molar-refractivity contribution < 1.29 is 9.50 Å². The summed E-state index contributed by atoms with van der Waals surface area (Å²) >= 11 is 0. The van der Waals surface area contributed by atoms with Gasteiger partial charge in [0.05, 0.1) is 11.7 Å². The minimum Gasteiger partial charge on any atom is -0.506 e. The van der Waals surface area contributed by atoms with Gasteiger partial charge in [-0.1, -0.05) is 36.4 Å². The first-order valence-electron chi connectivity index (χ1n) is 7.24. The minimum absolute atomic E-state index is 0.0893. The first kappa shape index (κ1) is 12.5. The van der Waals surface area contributed by atoms with Crippen LogP contribution in [0.5, 0.6) is 5.75 Å². The van der Waals surface area contributed by atoms with Gasteiger partial charge in [0.1, 0.15) is 11.6 Å². The molecule has 0 spiro atoms. The lowest BCUT2D eigenvalue weighted by molar-refractivity contribution is 0.415. The van der Waals surface area contributed by atoms with Crippen molar-refractivity contribution in [1.29, 1.82) is 0 Å². The molecule has 0 saturated carbocycles. The maximum Gasteiger partial charge on any atom is 0.138 e. The van der Waals surface area contributed by atoms with Crippen LogP contribution < -0.4 is 5.32 Å². The molecule has 0 amide bonds. The van der Waals surface area contributed by atoms with Crippen LogP contribution in [0, 0.1) is 11.7 Å². The number of aromatic hydroxyl groups is 1. The summed E-state index contributed by atoms with van der Waals surface area (Å²) in [7, 11) is 0. The van der Waals surface area contributed by atoms with Gasteiger partial charge in [-0.2, -0.15) is 0 Å². The molecule has 0 radical (unpaired) electrons. The smallest absolute Gasteiger partial charge is 0.138 e. The zero-order valence-electron chi connectivity index (χ0n) is 11.5. The van der Waals surface area contributed by atoms with Gasteiger partial charge in [0, 0.05) is 5.92 Å². The highest BCUT2D eigenvalue weighted by Crippen LogP contribution is 2.51. The van der Waals surface area contributed by atoms with Crippen LogP contribution in [0.2, 0.25) is 0 Å². The van der Waals surface area contributed by atoms with Crippen molar-refractivity contribution in [3.05, 3.63) is 71.6 Å². The van der Waals surface area contributed by atoms with Gasteiger partial charge in [0.15, 0.2) is 0 Å². The Labute approximate surface area is 122 Å². The van der Waals surface area contributed by atoms with E-state index in [0.29, 0.717) is 11.8 Å². The molecule has 0 bridgehead atoms. The Bertz CT molecular complexity index is 708. The maximum absolute atomic E-state index is 13.2. The van der Waals surface area contributed by atoms with E-state index in [9.17, 15) is 9.50 Å². The summed E-state index contributed by atoms with van der Waals surface area (Å²) in [4.78, 5) is 0. The predicted molar refractivity (Wildman–Crippen MR) is 80.9 cm³/mol. The van der Waals surface area contributed by atoms with Crippen molar-refractivity contribution in [2.75, 3.05) is 5.32 Å². The molecule has 3 heteroatoms.